The second-order valence-electron chi connectivity index (χ2n) is 7.18. The molecule has 2 N–H and O–H groups in total. The Morgan fingerprint density at radius 2 is 1.68 bits per heavy atom. The van der Waals surface area contributed by atoms with Crippen molar-refractivity contribution < 1.29 is 18.1 Å². The Bertz CT molecular complexity index is 1500. The summed E-state index contributed by atoms with van der Waals surface area (Å²) in [5, 5.41) is 17.8. The molecule has 4 aromatic rings. The van der Waals surface area contributed by atoms with E-state index < -0.39 is 20.6 Å². The molecule has 0 spiro atoms. The Labute approximate surface area is 195 Å². The van der Waals surface area contributed by atoms with Gasteiger partial charge in [0.05, 0.1) is 28.8 Å². The molecule has 0 radical (unpaired) electrons. The number of fused-ring (bicyclic) bond motifs is 1. The van der Waals surface area contributed by atoms with E-state index in [0.717, 1.165) is 22.4 Å². The molecular formula is C24H20N4O5S. The predicted octanol–water partition coefficient (Wildman–Crippen LogP) is 5.00. The van der Waals surface area contributed by atoms with Crippen LogP contribution in [0.1, 0.15) is 5.56 Å². The summed E-state index contributed by atoms with van der Waals surface area (Å²) in [6.07, 6.45) is 1.56. The van der Waals surface area contributed by atoms with Crippen LogP contribution in [0.25, 0.3) is 10.8 Å². The summed E-state index contributed by atoms with van der Waals surface area (Å²) in [4.78, 5) is 10.7. The van der Waals surface area contributed by atoms with Crippen LogP contribution in [0.5, 0.6) is 5.75 Å². The summed E-state index contributed by atoms with van der Waals surface area (Å²) in [5.74, 6) is 0.321. The molecular weight excluding hydrogens is 456 g/mol. The first-order valence-electron chi connectivity index (χ1n) is 10.1. The van der Waals surface area contributed by atoms with E-state index in [1.807, 2.05) is 42.5 Å². The average molecular weight is 477 g/mol. The molecule has 0 aliphatic heterocycles. The molecule has 0 heterocycles. The van der Waals surface area contributed by atoms with Crippen molar-refractivity contribution in [2.75, 3.05) is 17.3 Å². The predicted molar refractivity (Wildman–Crippen MR) is 132 cm³/mol. The van der Waals surface area contributed by atoms with E-state index in [0.29, 0.717) is 5.75 Å². The molecule has 0 aliphatic rings. The van der Waals surface area contributed by atoms with Crippen molar-refractivity contribution in [3.05, 3.63) is 101 Å². The van der Waals surface area contributed by atoms with Crippen molar-refractivity contribution in [2.24, 2.45) is 5.10 Å². The Morgan fingerprint density at radius 1 is 0.941 bits per heavy atom. The Kier molecular flexibility index (Phi) is 6.42. The van der Waals surface area contributed by atoms with Gasteiger partial charge in [0, 0.05) is 11.6 Å². The SMILES string of the molecule is COc1ccccc1NS(=O)(=O)c1ccc(NN=Cc2cccc3ccccc23)c([N+](=O)[O-])c1. The summed E-state index contributed by atoms with van der Waals surface area (Å²) in [6, 6.07) is 23.5. The number of rotatable bonds is 8. The second-order valence-corrected chi connectivity index (χ2v) is 8.86. The Balaban J connectivity index is 1.60. The third-order valence-corrected chi connectivity index (χ3v) is 6.40. The lowest BCUT2D eigenvalue weighted by molar-refractivity contribution is -0.384. The zero-order chi connectivity index (χ0) is 24.1. The Morgan fingerprint density at radius 3 is 2.47 bits per heavy atom. The maximum Gasteiger partial charge on any atom is 0.295 e. The van der Waals surface area contributed by atoms with E-state index in [-0.39, 0.29) is 16.3 Å². The molecule has 10 heteroatoms. The number of para-hydroxylation sites is 2. The highest BCUT2D eigenvalue weighted by molar-refractivity contribution is 7.92. The van der Waals surface area contributed by atoms with Gasteiger partial charge in [0.25, 0.3) is 15.7 Å². The van der Waals surface area contributed by atoms with Crippen LogP contribution < -0.4 is 14.9 Å². The van der Waals surface area contributed by atoms with E-state index >= 15 is 0 Å². The first-order valence-corrected chi connectivity index (χ1v) is 11.6. The van der Waals surface area contributed by atoms with Gasteiger partial charge in [-0.3, -0.25) is 20.3 Å². The highest BCUT2D eigenvalue weighted by atomic mass is 32.2. The molecule has 34 heavy (non-hydrogen) atoms. The highest BCUT2D eigenvalue weighted by Gasteiger charge is 2.22. The van der Waals surface area contributed by atoms with Crippen LogP contribution in [-0.2, 0) is 10.0 Å². The van der Waals surface area contributed by atoms with Gasteiger partial charge in [-0.05, 0) is 35.0 Å². The van der Waals surface area contributed by atoms with Crippen molar-refractivity contribution in [2.45, 2.75) is 4.90 Å². The lowest BCUT2D eigenvalue weighted by Gasteiger charge is -2.12. The molecule has 0 fully saturated rings. The minimum absolute atomic E-state index is 0.0535. The number of anilines is 2. The maximum absolute atomic E-state index is 12.8. The van der Waals surface area contributed by atoms with Crippen LogP contribution in [0.3, 0.4) is 0 Å². The fraction of sp³-hybridized carbons (Fsp3) is 0.0417. The normalized spacial score (nSPS) is 11.4. The molecule has 0 aliphatic carbocycles. The van der Waals surface area contributed by atoms with Crippen molar-refractivity contribution in [1.82, 2.24) is 0 Å². The van der Waals surface area contributed by atoms with Gasteiger partial charge in [-0.1, -0.05) is 54.6 Å². The molecule has 4 aromatic carbocycles. The fourth-order valence-corrected chi connectivity index (χ4v) is 4.48. The van der Waals surface area contributed by atoms with E-state index in [1.54, 1.807) is 24.4 Å². The van der Waals surface area contributed by atoms with Gasteiger partial charge in [0.15, 0.2) is 0 Å². The third-order valence-electron chi connectivity index (χ3n) is 5.04. The number of nitro groups is 1. The number of hydrogen-bond donors (Lipinski definition) is 2. The number of hydrazone groups is 1. The number of ether oxygens (including phenoxy) is 1. The molecule has 0 saturated heterocycles. The van der Waals surface area contributed by atoms with Crippen LogP contribution in [0.15, 0.2) is 94.9 Å². The van der Waals surface area contributed by atoms with Crippen molar-refractivity contribution in [3.8, 4) is 5.75 Å². The molecule has 0 amide bonds. The van der Waals surface area contributed by atoms with Gasteiger partial charge >= 0.3 is 0 Å². The van der Waals surface area contributed by atoms with Crippen molar-refractivity contribution in [3.63, 3.8) is 0 Å². The second kappa shape index (κ2) is 9.59. The van der Waals surface area contributed by atoms with Gasteiger partial charge < -0.3 is 4.74 Å². The van der Waals surface area contributed by atoms with Crippen LogP contribution in [-0.4, -0.2) is 26.7 Å². The van der Waals surface area contributed by atoms with Gasteiger partial charge in [-0.2, -0.15) is 5.10 Å². The smallest absolute Gasteiger partial charge is 0.295 e. The highest BCUT2D eigenvalue weighted by Crippen LogP contribution is 2.30. The first kappa shape index (κ1) is 22.7. The molecule has 4 rings (SSSR count). The molecule has 9 nitrogen and oxygen atoms in total. The van der Waals surface area contributed by atoms with Crippen molar-refractivity contribution >= 4 is 44.1 Å². The standard InChI is InChI=1S/C24H20N4O5S/c1-33-24-12-5-4-11-22(24)27-34(31,32)19-13-14-21(23(15-19)28(29)30)26-25-16-18-9-6-8-17-7-2-3-10-20(17)18/h2-16,26-27H,1H3. The number of hydrogen-bond acceptors (Lipinski definition) is 7. The third kappa shape index (κ3) is 4.81. The van der Waals surface area contributed by atoms with Crippen molar-refractivity contribution in [1.29, 1.82) is 0 Å². The molecule has 172 valence electrons. The summed E-state index contributed by atoms with van der Waals surface area (Å²) in [6.45, 7) is 0. The van der Waals surface area contributed by atoms with E-state index in [1.165, 1.54) is 25.3 Å². The largest absolute Gasteiger partial charge is 0.495 e. The van der Waals surface area contributed by atoms with Gasteiger partial charge in [0.1, 0.15) is 11.4 Å². The number of benzene rings is 4. The summed E-state index contributed by atoms with van der Waals surface area (Å²) < 4.78 is 33.2. The van der Waals surface area contributed by atoms with Crippen LogP contribution in [0, 0.1) is 10.1 Å². The van der Waals surface area contributed by atoms with E-state index in [4.69, 9.17) is 4.74 Å². The van der Waals surface area contributed by atoms with Crippen LogP contribution >= 0.6 is 0 Å². The summed E-state index contributed by atoms with van der Waals surface area (Å²) >= 11 is 0. The minimum Gasteiger partial charge on any atom is -0.495 e. The monoisotopic (exact) mass is 476 g/mol. The minimum atomic E-state index is -4.11. The quantitative estimate of drug-likeness (QED) is 0.209. The number of methoxy groups -OCH3 is 1. The van der Waals surface area contributed by atoms with E-state index in [2.05, 4.69) is 15.2 Å². The lowest BCUT2D eigenvalue weighted by Crippen LogP contribution is -2.14. The van der Waals surface area contributed by atoms with Crippen LogP contribution in [0.4, 0.5) is 17.1 Å². The topological polar surface area (TPSA) is 123 Å². The maximum atomic E-state index is 12.8. The van der Waals surface area contributed by atoms with Gasteiger partial charge in [0.2, 0.25) is 0 Å². The zero-order valence-electron chi connectivity index (χ0n) is 18.0. The number of nitro benzene ring substituents is 1. The van der Waals surface area contributed by atoms with Gasteiger partial charge in [-0.15, -0.1) is 0 Å². The number of nitrogens with zero attached hydrogens (tertiary/aromatic N) is 2. The van der Waals surface area contributed by atoms with Gasteiger partial charge in [-0.25, -0.2) is 8.42 Å². The van der Waals surface area contributed by atoms with E-state index in [9.17, 15) is 18.5 Å². The number of sulfonamides is 1. The summed E-state index contributed by atoms with van der Waals surface area (Å²) in [7, 11) is -2.69. The Hall–Kier alpha value is -4.44. The summed E-state index contributed by atoms with van der Waals surface area (Å²) in [5.41, 5.74) is 3.31. The number of nitrogens with one attached hydrogen (secondary N) is 2. The van der Waals surface area contributed by atoms with Crippen LogP contribution in [0.2, 0.25) is 0 Å². The molecule has 0 unspecified atom stereocenters. The average Bonchev–Trinajstić information content (AvgIpc) is 2.84. The fourth-order valence-electron chi connectivity index (χ4n) is 3.39. The molecule has 0 aromatic heterocycles. The first-order chi connectivity index (χ1) is 16.4. The lowest BCUT2D eigenvalue weighted by atomic mass is 10.1. The molecule has 0 bridgehead atoms. The molecule has 0 saturated carbocycles. The molecule has 0 atom stereocenters. The zero-order valence-corrected chi connectivity index (χ0v) is 18.8.